The van der Waals surface area contributed by atoms with Gasteiger partial charge >= 0.3 is 0 Å². The van der Waals surface area contributed by atoms with Crippen LogP contribution in [0.4, 0.5) is 5.69 Å². The second kappa shape index (κ2) is 5.68. The maximum Gasteiger partial charge on any atom is 0.270 e. The molecule has 1 aromatic rings. The molecule has 1 saturated heterocycles. The Kier molecular flexibility index (Phi) is 4.17. The molecule has 1 amide bonds. The minimum absolute atomic E-state index is 0.125. The number of hydrogen-bond acceptors (Lipinski definition) is 2. The van der Waals surface area contributed by atoms with Crippen molar-refractivity contribution in [1.29, 1.82) is 0 Å². The monoisotopic (exact) mass is 263 g/mol. The van der Waals surface area contributed by atoms with Crippen LogP contribution >= 0.6 is 0 Å². The van der Waals surface area contributed by atoms with Crippen molar-refractivity contribution in [2.24, 2.45) is 0 Å². The largest absolute Gasteiger partial charge is 0.397 e. The van der Waals surface area contributed by atoms with Gasteiger partial charge in [-0.2, -0.15) is 0 Å². The summed E-state index contributed by atoms with van der Waals surface area (Å²) in [4.78, 5) is 14.8. The van der Waals surface area contributed by atoms with Gasteiger partial charge in [-0.05, 0) is 39.7 Å². The number of anilines is 1. The van der Waals surface area contributed by atoms with Crippen molar-refractivity contribution in [1.82, 2.24) is 9.47 Å². The number of carbonyl (C=O) groups excluding carboxylic acids is 1. The molecule has 19 heavy (non-hydrogen) atoms. The first-order chi connectivity index (χ1) is 9.00. The molecule has 1 fully saturated rings. The number of aromatic nitrogens is 1. The lowest BCUT2D eigenvalue weighted by atomic mass is 10.1. The summed E-state index contributed by atoms with van der Waals surface area (Å²) in [5, 5.41) is 0. The molecule has 2 heterocycles. The molecule has 0 saturated carbocycles. The average molecular weight is 263 g/mol. The molecule has 0 aliphatic carbocycles. The van der Waals surface area contributed by atoms with Gasteiger partial charge in [0.15, 0.2) is 0 Å². The minimum Gasteiger partial charge on any atom is -0.397 e. The summed E-state index contributed by atoms with van der Waals surface area (Å²) in [7, 11) is 0. The van der Waals surface area contributed by atoms with Crippen molar-refractivity contribution in [2.45, 2.75) is 58.5 Å². The van der Waals surface area contributed by atoms with E-state index in [1.807, 2.05) is 15.7 Å². The van der Waals surface area contributed by atoms with Crippen LogP contribution in [0.25, 0.3) is 0 Å². The first-order valence-corrected chi connectivity index (χ1v) is 7.29. The summed E-state index contributed by atoms with van der Waals surface area (Å²) in [6.07, 6.45) is 6.51. The number of nitrogens with zero attached hydrogens (tertiary/aromatic N) is 2. The fraction of sp³-hybridized carbons (Fsp3) is 0.667. The van der Waals surface area contributed by atoms with Gasteiger partial charge in [-0.1, -0.05) is 12.8 Å². The molecule has 2 rings (SSSR count). The van der Waals surface area contributed by atoms with Gasteiger partial charge in [0.05, 0.1) is 5.69 Å². The van der Waals surface area contributed by atoms with E-state index in [1.54, 1.807) is 6.07 Å². The van der Waals surface area contributed by atoms with Crippen molar-refractivity contribution in [3.63, 3.8) is 0 Å². The molecule has 0 bridgehead atoms. The Morgan fingerprint density at radius 3 is 2.79 bits per heavy atom. The molecule has 0 radical (unpaired) electrons. The SMILES string of the molecule is CC1CCCCCN1C(=O)c1cc(N)cn1C(C)C. The highest BCUT2D eigenvalue weighted by Gasteiger charge is 2.26. The molecule has 1 atom stereocenters. The molecule has 1 aliphatic heterocycles. The van der Waals surface area contributed by atoms with Gasteiger partial charge in [0, 0.05) is 24.8 Å². The van der Waals surface area contributed by atoms with Gasteiger partial charge in [-0.25, -0.2) is 0 Å². The fourth-order valence-corrected chi connectivity index (χ4v) is 2.82. The molecule has 4 nitrogen and oxygen atoms in total. The van der Waals surface area contributed by atoms with Crippen molar-refractivity contribution >= 4 is 11.6 Å². The normalized spacial score (nSPS) is 20.6. The molecular formula is C15H25N3O. The smallest absolute Gasteiger partial charge is 0.270 e. The lowest BCUT2D eigenvalue weighted by Gasteiger charge is -2.28. The Balaban J connectivity index is 2.27. The highest BCUT2D eigenvalue weighted by molar-refractivity contribution is 5.94. The van der Waals surface area contributed by atoms with E-state index in [4.69, 9.17) is 5.73 Å². The topological polar surface area (TPSA) is 51.3 Å². The number of nitrogen functional groups attached to an aromatic ring is 1. The van der Waals surface area contributed by atoms with Crippen LogP contribution in [0.2, 0.25) is 0 Å². The van der Waals surface area contributed by atoms with Gasteiger partial charge in [-0.15, -0.1) is 0 Å². The number of likely N-dealkylation sites (tertiary alicyclic amines) is 1. The number of amides is 1. The third-order valence-corrected chi connectivity index (χ3v) is 3.96. The lowest BCUT2D eigenvalue weighted by molar-refractivity contribution is 0.0685. The number of carbonyl (C=O) groups is 1. The summed E-state index contributed by atoms with van der Waals surface area (Å²) in [6.45, 7) is 7.16. The second-order valence-electron chi connectivity index (χ2n) is 5.86. The highest BCUT2D eigenvalue weighted by atomic mass is 16.2. The Bertz CT molecular complexity index is 450. The van der Waals surface area contributed by atoms with Gasteiger partial charge in [0.25, 0.3) is 5.91 Å². The molecular weight excluding hydrogens is 238 g/mol. The number of nitrogens with two attached hydrogens (primary N) is 1. The van der Waals surface area contributed by atoms with E-state index in [-0.39, 0.29) is 11.9 Å². The van der Waals surface area contributed by atoms with Crippen molar-refractivity contribution in [3.8, 4) is 0 Å². The van der Waals surface area contributed by atoms with Gasteiger partial charge in [-0.3, -0.25) is 4.79 Å². The van der Waals surface area contributed by atoms with E-state index < -0.39 is 0 Å². The van der Waals surface area contributed by atoms with E-state index in [1.165, 1.54) is 12.8 Å². The maximum atomic E-state index is 12.8. The molecule has 0 aromatic carbocycles. The average Bonchev–Trinajstić information content (AvgIpc) is 2.62. The summed E-state index contributed by atoms with van der Waals surface area (Å²) in [5.74, 6) is 0.125. The molecule has 1 unspecified atom stereocenters. The fourth-order valence-electron chi connectivity index (χ4n) is 2.82. The van der Waals surface area contributed by atoms with Crippen LogP contribution < -0.4 is 5.73 Å². The van der Waals surface area contributed by atoms with Crippen LogP contribution in [-0.2, 0) is 0 Å². The third kappa shape index (κ3) is 2.94. The Labute approximate surface area is 115 Å². The summed E-state index contributed by atoms with van der Waals surface area (Å²) < 4.78 is 1.98. The van der Waals surface area contributed by atoms with Gasteiger partial charge in [0.2, 0.25) is 0 Å². The molecule has 1 aromatic heterocycles. The molecule has 4 heteroatoms. The zero-order valence-corrected chi connectivity index (χ0v) is 12.2. The summed E-state index contributed by atoms with van der Waals surface area (Å²) >= 11 is 0. The summed E-state index contributed by atoms with van der Waals surface area (Å²) in [5.41, 5.74) is 7.25. The summed E-state index contributed by atoms with van der Waals surface area (Å²) in [6, 6.07) is 2.38. The van der Waals surface area contributed by atoms with E-state index >= 15 is 0 Å². The van der Waals surface area contributed by atoms with Crippen LogP contribution in [0.3, 0.4) is 0 Å². The van der Waals surface area contributed by atoms with Crippen molar-refractivity contribution < 1.29 is 4.79 Å². The van der Waals surface area contributed by atoms with Crippen LogP contribution in [0, 0.1) is 0 Å². The Morgan fingerprint density at radius 1 is 1.37 bits per heavy atom. The van der Waals surface area contributed by atoms with Crippen molar-refractivity contribution in [2.75, 3.05) is 12.3 Å². The molecule has 1 aliphatic rings. The predicted octanol–water partition coefficient (Wildman–Crippen LogP) is 3.06. The van der Waals surface area contributed by atoms with E-state index in [0.717, 1.165) is 25.1 Å². The highest BCUT2D eigenvalue weighted by Crippen LogP contribution is 2.22. The zero-order valence-electron chi connectivity index (χ0n) is 12.2. The number of hydrogen-bond donors (Lipinski definition) is 1. The lowest BCUT2D eigenvalue weighted by Crippen LogP contribution is -2.39. The van der Waals surface area contributed by atoms with Gasteiger partial charge < -0.3 is 15.2 Å². The molecule has 2 N–H and O–H groups in total. The minimum atomic E-state index is 0.125. The Hall–Kier alpha value is -1.45. The van der Waals surface area contributed by atoms with E-state index in [2.05, 4.69) is 20.8 Å². The zero-order chi connectivity index (χ0) is 14.0. The first kappa shape index (κ1) is 14.0. The van der Waals surface area contributed by atoms with Crippen molar-refractivity contribution in [3.05, 3.63) is 18.0 Å². The standard InChI is InChI=1S/C15H25N3O/c1-11(2)18-10-13(16)9-14(18)15(19)17-8-6-4-5-7-12(17)3/h9-12H,4-8,16H2,1-3H3. The van der Waals surface area contributed by atoms with E-state index in [0.29, 0.717) is 11.7 Å². The molecule has 106 valence electrons. The van der Waals surface area contributed by atoms with Gasteiger partial charge in [0.1, 0.15) is 5.69 Å². The predicted molar refractivity (Wildman–Crippen MR) is 78.2 cm³/mol. The quantitative estimate of drug-likeness (QED) is 0.891. The van der Waals surface area contributed by atoms with Crippen LogP contribution in [0.15, 0.2) is 12.3 Å². The first-order valence-electron chi connectivity index (χ1n) is 7.29. The maximum absolute atomic E-state index is 12.8. The number of rotatable bonds is 2. The van der Waals surface area contributed by atoms with Crippen LogP contribution in [0.5, 0.6) is 0 Å². The Morgan fingerprint density at radius 2 is 2.11 bits per heavy atom. The van der Waals surface area contributed by atoms with E-state index in [9.17, 15) is 4.79 Å². The molecule has 0 spiro atoms. The second-order valence-corrected chi connectivity index (χ2v) is 5.86. The van der Waals surface area contributed by atoms with Crippen LogP contribution in [0.1, 0.15) is 63.0 Å². The van der Waals surface area contributed by atoms with Crippen LogP contribution in [-0.4, -0.2) is 28.0 Å². The third-order valence-electron chi connectivity index (χ3n) is 3.96.